The van der Waals surface area contributed by atoms with Crippen LogP contribution in [0.1, 0.15) is 13.3 Å². The molecule has 142 valence electrons. The maximum atomic E-state index is 12.8. The van der Waals surface area contributed by atoms with Crippen LogP contribution in [0.25, 0.3) is 0 Å². The average Bonchev–Trinajstić information content (AvgIpc) is 3.17. The van der Waals surface area contributed by atoms with Crippen molar-refractivity contribution in [3.63, 3.8) is 0 Å². The monoisotopic (exact) mass is 383 g/mol. The molecule has 3 aliphatic heterocycles. The number of carbonyl (C=O) groups is 2. The summed E-state index contributed by atoms with van der Waals surface area (Å²) in [6.07, 6.45) is 3.06. The van der Waals surface area contributed by atoms with Crippen molar-refractivity contribution < 1.29 is 33.4 Å². The van der Waals surface area contributed by atoms with E-state index in [0.717, 1.165) is 0 Å². The molecule has 3 rings (SSSR count). The van der Waals surface area contributed by atoms with Gasteiger partial charge in [0.2, 0.25) is 5.91 Å². The summed E-state index contributed by atoms with van der Waals surface area (Å²) in [6.45, 7) is 9.24. The van der Waals surface area contributed by atoms with E-state index >= 15 is 0 Å². The molecule has 0 aliphatic carbocycles. The Kier molecular flexibility index (Phi) is 4.73. The molecule has 2 bridgehead atoms. The van der Waals surface area contributed by atoms with Gasteiger partial charge in [-0.2, -0.15) is 0 Å². The molecule has 0 saturated carbocycles. The lowest BCUT2D eigenvalue weighted by Crippen LogP contribution is -2.40. The van der Waals surface area contributed by atoms with Crippen LogP contribution in [0.2, 0.25) is 0 Å². The lowest BCUT2D eigenvalue weighted by atomic mass is 9.76. The fourth-order valence-corrected chi connectivity index (χ4v) is 4.43. The summed E-state index contributed by atoms with van der Waals surface area (Å²) in [5.41, 5.74) is -0.135. The van der Waals surface area contributed by atoms with Crippen molar-refractivity contribution in [2.75, 3.05) is 19.3 Å². The zero-order chi connectivity index (χ0) is 19.3. The standard InChI is InChI=1S/C17H22NO7P/c1-10(2)16(20)24-9-17-6-5-12(25-17)13-14(17)11(3)18(15(13)19)7-4-8-26(21,22)23/h5-6,12-14H,1,3-4,7-9H2,2H3,(H2,21,22,23). The molecule has 9 heteroatoms. The molecule has 0 aromatic heterocycles. The Balaban J connectivity index is 1.73. The second-order valence-corrected chi connectivity index (χ2v) is 8.76. The zero-order valence-electron chi connectivity index (χ0n) is 14.5. The summed E-state index contributed by atoms with van der Waals surface area (Å²) in [5.74, 6) is -1.52. The van der Waals surface area contributed by atoms with Crippen molar-refractivity contribution in [1.29, 1.82) is 0 Å². The van der Waals surface area contributed by atoms with Crippen LogP contribution in [0.4, 0.5) is 0 Å². The SMILES string of the molecule is C=C(C)C(=O)OCC12C=CC(O1)C1C(=O)N(CCCP(=O)(O)O)C(=C)C12. The number of rotatable bonds is 7. The summed E-state index contributed by atoms with van der Waals surface area (Å²) in [5, 5.41) is 0. The van der Waals surface area contributed by atoms with Gasteiger partial charge >= 0.3 is 13.6 Å². The Morgan fingerprint density at radius 2 is 2.19 bits per heavy atom. The van der Waals surface area contributed by atoms with Crippen molar-refractivity contribution in [2.24, 2.45) is 11.8 Å². The van der Waals surface area contributed by atoms with Crippen molar-refractivity contribution in [3.05, 3.63) is 36.6 Å². The van der Waals surface area contributed by atoms with Crippen LogP contribution in [-0.2, 0) is 23.6 Å². The minimum atomic E-state index is -4.11. The molecule has 2 saturated heterocycles. The lowest BCUT2D eigenvalue weighted by Gasteiger charge is -2.31. The summed E-state index contributed by atoms with van der Waals surface area (Å²) in [4.78, 5) is 43.9. The molecular formula is C17H22NO7P. The van der Waals surface area contributed by atoms with Crippen LogP contribution in [0.3, 0.4) is 0 Å². The third kappa shape index (κ3) is 3.18. The van der Waals surface area contributed by atoms with E-state index in [-0.39, 0.29) is 43.1 Å². The smallest absolute Gasteiger partial charge is 0.333 e. The van der Waals surface area contributed by atoms with E-state index in [1.165, 1.54) is 4.90 Å². The fraction of sp³-hybridized carbons (Fsp3) is 0.529. The Labute approximate surface area is 151 Å². The maximum absolute atomic E-state index is 12.8. The third-order valence-corrected chi connectivity index (χ3v) is 5.93. The van der Waals surface area contributed by atoms with Gasteiger partial charge in [0, 0.05) is 23.7 Å². The number of nitrogens with zero attached hydrogens (tertiary/aromatic N) is 1. The number of hydrogen-bond acceptors (Lipinski definition) is 5. The predicted molar refractivity (Wildman–Crippen MR) is 91.9 cm³/mol. The third-order valence-electron chi connectivity index (χ3n) is 5.03. The highest BCUT2D eigenvalue weighted by Crippen LogP contribution is 2.55. The van der Waals surface area contributed by atoms with E-state index in [1.807, 2.05) is 6.08 Å². The maximum Gasteiger partial charge on any atom is 0.333 e. The van der Waals surface area contributed by atoms with Crippen LogP contribution in [-0.4, -0.2) is 57.6 Å². The van der Waals surface area contributed by atoms with Gasteiger partial charge in [0.05, 0.1) is 18.2 Å². The lowest BCUT2D eigenvalue weighted by molar-refractivity contribution is -0.146. The number of esters is 1. The summed E-state index contributed by atoms with van der Waals surface area (Å²) in [6, 6.07) is 0. The van der Waals surface area contributed by atoms with E-state index in [1.54, 1.807) is 13.0 Å². The van der Waals surface area contributed by atoms with Gasteiger partial charge in [-0.05, 0) is 13.3 Å². The van der Waals surface area contributed by atoms with E-state index in [4.69, 9.17) is 19.3 Å². The van der Waals surface area contributed by atoms with E-state index in [2.05, 4.69) is 13.2 Å². The summed E-state index contributed by atoms with van der Waals surface area (Å²) in [7, 11) is -4.11. The van der Waals surface area contributed by atoms with Crippen molar-refractivity contribution in [2.45, 2.75) is 25.0 Å². The molecule has 2 N–H and O–H groups in total. The molecular weight excluding hydrogens is 361 g/mol. The van der Waals surface area contributed by atoms with E-state index in [0.29, 0.717) is 5.70 Å². The largest absolute Gasteiger partial charge is 0.459 e. The molecule has 8 nitrogen and oxygen atoms in total. The average molecular weight is 383 g/mol. The molecule has 2 fully saturated rings. The number of amides is 1. The van der Waals surface area contributed by atoms with Crippen LogP contribution < -0.4 is 0 Å². The number of ether oxygens (including phenoxy) is 2. The van der Waals surface area contributed by atoms with Crippen LogP contribution in [0, 0.1) is 11.8 Å². The minimum absolute atomic E-state index is 0.0461. The normalized spacial score (nSPS) is 32.3. The van der Waals surface area contributed by atoms with Crippen LogP contribution in [0.15, 0.2) is 36.6 Å². The van der Waals surface area contributed by atoms with Gasteiger partial charge < -0.3 is 24.2 Å². The van der Waals surface area contributed by atoms with Gasteiger partial charge in [-0.1, -0.05) is 25.3 Å². The highest BCUT2D eigenvalue weighted by atomic mass is 31.2. The Morgan fingerprint density at radius 3 is 2.81 bits per heavy atom. The van der Waals surface area contributed by atoms with Crippen molar-refractivity contribution in [3.8, 4) is 0 Å². The first-order valence-electron chi connectivity index (χ1n) is 8.30. The molecule has 26 heavy (non-hydrogen) atoms. The molecule has 0 radical (unpaired) electrons. The van der Waals surface area contributed by atoms with E-state index in [9.17, 15) is 14.2 Å². The second-order valence-electron chi connectivity index (χ2n) is 6.98. The van der Waals surface area contributed by atoms with Crippen LogP contribution in [0.5, 0.6) is 0 Å². The van der Waals surface area contributed by atoms with Crippen molar-refractivity contribution >= 4 is 19.5 Å². The first-order valence-corrected chi connectivity index (χ1v) is 10.1. The van der Waals surface area contributed by atoms with Gasteiger partial charge in [-0.15, -0.1) is 0 Å². The quantitative estimate of drug-likeness (QED) is 0.291. The second kappa shape index (κ2) is 6.46. The number of fused-ring (bicyclic) bond motifs is 5. The topological polar surface area (TPSA) is 113 Å². The molecule has 3 aliphatic rings. The van der Waals surface area contributed by atoms with Gasteiger partial charge in [-0.25, -0.2) is 4.79 Å². The molecule has 4 atom stereocenters. The summed E-state index contributed by atoms with van der Waals surface area (Å²) < 4.78 is 22.2. The number of hydrogen-bond donors (Lipinski definition) is 2. The molecule has 0 spiro atoms. The molecule has 1 amide bonds. The van der Waals surface area contributed by atoms with Gasteiger partial charge in [0.25, 0.3) is 0 Å². The molecule has 0 aromatic carbocycles. The van der Waals surface area contributed by atoms with Gasteiger partial charge in [0.1, 0.15) is 12.2 Å². The highest BCUT2D eigenvalue weighted by Gasteiger charge is 2.65. The van der Waals surface area contributed by atoms with Crippen LogP contribution >= 0.6 is 7.60 Å². The predicted octanol–water partition coefficient (Wildman–Crippen LogP) is 0.969. The van der Waals surface area contributed by atoms with Crippen molar-refractivity contribution in [1.82, 2.24) is 4.90 Å². The summed E-state index contributed by atoms with van der Waals surface area (Å²) >= 11 is 0. The molecule has 3 heterocycles. The Hall–Kier alpha value is -1.73. The number of carbonyl (C=O) groups excluding carboxylic acids is 2. The molecule has 4 unspecified atom stereocenters. The number of likely N-dealkylation sites (tertiary alicyclic amines) is 1. The fourth-order valence-electron chi connectivity index (χ4n) is 3.88. The molecule has 0 aromatic rings. The minimum Gasteiger partial charge on any atom is -0.459 e. The zero-order valence-corrected chi connectivity index (χ0v) is 15.4. The highest BCUT2D eigenvalue weighted by molar-refractivity contribution is 7.51. The van der Waals surface area contributed by atoms with E-state index < -0.39 is 31.2 Å². The Morgan fingerprint density at radius 1 is 1.50 bits per heavy atom. The first kappa shape index (κ1) is 19.0. The first-order chi connectivity index (χ1) is 12.1. The van der Waals surface area contributed by atoms with Gasteiger partial charge in [0.15, 0.2) is 0 Å². The Bertz CT molecular complexity index is 754. The van der Waals surface area contributed by atoms with Gasteiger partial charge in [-0.3, -0.25) is 9.36 Å².